The molecule has 0 spiro atoms. The summed E-state index contributed by atoms with van der Waals surface area (Å²) in [5, 5.41) is 3.41. The Bertz CT molecular complexity index is 433. The van der Waals surface area contributed by atoms with Gasteiger partial charge in [-0.15, -0.1) is 0 Å². The van der Waals surface area contributed by atoms with Crippen LogP contribution in [0, 0.1) is 13.8 Å². The lowest BCUT2D eigenvalue weighted by molar-refractivity contribution is -0.119. The van der Waals surface area contributed by atoms with Gasteiger partial charge in [0.25, 0.3) is 0 Å². The van der Waals surface area contributed by atoms with E-state index in [4.69, 9.17) is 22.1 Å². The van der Waals surface area contributed by atoms with E-state index in [1.54, 1.807) is 7.11 Å². The van der Waals surface area contributed by atoms with Gasteiger partial charge in [0.1, 0.15) is 5.75 Å². The summed E-state index contributed by atoms with van der Waals surface area (Å²) in [5.74, 6) is 0.518. The third kappa shape index (κ3) is 3.11. The average Bonchev–Trinajstić information content (AvgIpc) is 2.33. The molecule has 0 aliphatic heterocycles. The van der Waals surface area contributed by atoms with Crippen molar-refractivity contribution in [3.05, 3.63) is 27.8 Å². The zero-order valence-electron chi connectivity index (χ0n) is 10.3. The SMILES string of the molecule is COc1cc(C)c(Cl)c(C)c1CNC(=O)CN. The van der Waals surface area contributed by atoms with Crippen molar-refractivity contribution < 1.29 is 9.53 Å². The fraction of sp³-hybridized carbons (Fsp3) is 0.417. The van der Waals surface area contributed by atoms with Crippen LogP contribution >= 0.6 is 11.6 Å². The van der Waals surface area contributed by atoms with Gasteiger partial charge in [0.2, 0.25) is 5.91 Å². The standard InChI is InChI=1S/C12H17ClN2O2/c1-7-4-10(17-3)9(8(2)12(7)13)6-15-11(16)5-14/h4H,5-6,14H2,1-3H3,(H,15,16). The molecule has 4 nitrogen and oxygen atoms in total. The van der Waals surface area contributed by atoms with Crippen molar-refractivity contribution in [3.8, 4) is 5.75 Å². The van der Waals surface area contributed by atoms with Gasteiger partial charge in [-0.1, -0.05) is 11.6 Å². The molecule has 0 saturated carbocycles. The Kier molecular flexibility index (Phi) is 4.78. The van der Waals surface area contributed by atoms with Crippen molar-refractivity contribution >= 4 is 17.5 Å². The van der Waals surface area contributed by atoms with Gasteiger partial charge in [0.05, 0.1) is 13.7 Å². The van der Waals surface area contributed by atoms with Crippen molar-refractivity contribution in [3.63, 3.8) is 0 Å². The van der Waals surface area contributed by atoms with E-state index in [0.29, 0.717) is 11.6 Å². The molecule has 5 heteroatoms. The summed E-state index contributed by atoms with van der Waals surface area (Å²) in [7, 11) is 1.59. The molecule has 0 heterocycles. The van der Waals surface area contributed by atoms with Crippen molar-refractivity contribution in [1.82, 2.24) is 5.32 Å². The van der Waals surface area contributed by atoms with Gasteiger partial charge >= 0.3 is 0 Å². The quantitative estimate of drug-likeness (QED) is 0.859. The summed E-state index contributed by atoms with van der Waals surface area (Å²) in [6.07, 6.45) is 0. The van der Waals surface area contributed by atoms with Gasteiger partial charge in [-0.25, -0.2) is 0 Å². The maximum Gasteiger partial charge on any atom is 0.234 e. The molecule has 0 aliphatic carbocycles. The summed E-state index contributed by atoms with van der Waals surface area (Å²) in [6.45, 7) is 4.16. The Morgan fingerprint density at radius 2 is 2.18 bits per heavy atom. The van der Waals surface area contributed by atoms with Gasteiger partial charge in [-0.05, 0) is 31.0 Å². The first-order chi connectivity index (χ1) is 8.01. The number of nitrogens with one attached hydrogen (secondary N) is 1. The van der Waals surface area contributed by atoms with Crippen LogP contribution in [0.15, 0.2) is 6.07 Å². The zero-order valence-corrected chi connectivity index (χ0v) is 11.0. The summed E-state index contributed by atoms with van der Waals surface area (Å²) in [6, 6.07) is 1.86. The van der Waals surface area contributed by atoms with E-state index >= 15 is 0 Å². The lowest BCUT2D eigenvalue weighted by atomic mass is 10.0. The fourth-order valence-electron chi connectivity index (χ4n) is 1.62. The average molecular weight is 257 g/mol. The Morgan fingerprint density at radius 1 is 1.53 bits per heavy atom. The van der Waals surface area contributed by atoms with Crippen LogP contribution in [-0.2, 0) is 11.3 Å². The van der Waals surface area contributed by atoms with Crippen LogP contribution in [0.25, 0.3) is 0 Å². The number of methoxy groups -OCH3 is 1. The van der Waals surface area contributed by atoms with Crippen LogP contribution in [0.1, 0.15) is 16.7 Å². The van der Waals surface area contributed by atoms with E-state index in [0.717, 1.165) is 22.4 Å². The first-order valence-corrected chi connectivity index (χ1v) is 5.68. The van der Waals surface area contributed by atoms with Gasteiger partial charge in [-0.3, -0.25) is 4.79 Å². The van der Waals surface area contributed by atoms with Crippen molar-refractivity contribution in [2.45, 2.75) is 20.4 Å². The van der Waals surface area contributed by atoms with Crippen LogP contribution in [-0.4, -0.2) is 19.6 Å². The molecule has 0 unspecified atom stereocenters. The third-order valence-electron chi connectivity index (χ3n) is 2.64. The molecule has 0 radical (unpaired) electrons. The molecule has 94 valence electrons. The number of carbonyl (C=O) groups is 1. The number of hydrogen-bond donors (Lipinski definition) is 2. The number of aryl methyl sites for hydroxylation is 1. The normalized spacial score (nSPS) is 10.2. The lowest BCUT2D eigenvalue weighted by Gasteiger charge is -2.15. The van der Waals surface area contributed by atoms with E-state index in [9.17, 15) is 4.79 Å². The molecule has 0 saturated heterocycles. The molecule has 17 heavy (non-hydrogen) atoms. The predicted molar refractivity (Wildman–Crippen MR) is 68.4 cm³/mol. The highest BCUT2D eigenvalue weighted by Gasteiger charge is 2.13. The number of benzene rings is 1. The summed E-state index contributed by atoms with van der Waals surface area (Å²) < 4.78 is 5.29. The Hall–Kier alpha value is -1.26. The number of carbonyl (C=O) groups excluding carboxylic acids is 1. The Labute approximate surface area is 106 Å². The Morgan fingerprint density at radius 3 is 2.71 bits per heavy atom. The summed E-state index contributed by atoms with van der Waals surface area (Å²) in [4.78, 5) is 11.1. The number of nitrogens with two attached hydrogens (primary N) is 1. The molecule has 1 aromatic rings. The zero-order chi connectivity index (χ0) is 13.0. The number of halogens is 1. The highest BCUT2D eigenvalue weighted by molar-refractivity contribution is 6.32. The summed E-state index contributed by atoms with van der Waals surface area (Å²) in [5.41, 5.74) is 7.98. The predicted octanol–water partition coefficient (Wildman–Crippen LogP) is 1.54. The van der Waals surface area contributed by atoms with E-state index < -0.39 is 0 Å². The molecule has 1 rings (SSSR count). The van der Waals surface area contributed by atoms with Crippen LogP contribution in [0.5, 0.6) is 5.75 Å². The minimum absolute atomic E-state index is 0.0268. The van der Waals surface area contributed by atoms with E-state index in [-0.39, 0.29) is 12.5 Å². The monoisotopic (exact) mass is 256 g/mol. The second kappa shape index (κ2) is 5.89. The maximum atomic E-state index is 11.1. The number of hydrogen-bond acceptors (Lipinski definition) is 3. The third-order valence-corrected chi connectivity index (χ3v) is 3.22. The molecule has 0 aromatic heterocycles. The first kappa shape index (κ1) is 13.8. The molecule has 0 fully saturated rings. The van der Waals surface area contributed by atoms with Crippen LogP contribution in [0.4, 0.5) is 0 Å². The molecule has 1 amide bonds. The molecular weight excluding hydrogens is 240 g/mol. The lowest BCUT2D eigenvalue weighted by Crippen LogP contribution is -2.30. The maximum absolute atomic E-state index is 11.1. The number of rotatable bonds is 4. The molecule has 0 aliphatic rings. The van der Waals surface area contributed by atoms with E-state index in [2.05, 4.69) is 5.32 Å². The first-order valence-electron chi connectivity index (χ1n) is 5.30. The van der Waals surface area contributed by atoms with Gasteiger partial charge in [0.15, 0.2) is 0 Å². The molecule has 3 N–H and O–H groups in total. The second-order valence-corrected chi connectivity index (χ2v) is 4.17. The highest BCUT2D eigenvalue weighted by Crippen LogP contribution is 2.31. The van der Waals surface area contributed by atoms with Gasteiger partial charge in [0, 0.05) is 17.1 Å². The number of amides is 1. The molecule has 1 aromatic carbocycles. The molecular formula is C12H17ClN2O2. The van der Waals surface area contributed by atoms with Crippen molar-refractivity contribution in [2.75, 3.05) is 13.7 Å². The van der Waals surface area contributed by atoms with E-state index in [1.807, 2.05) is 19.9 Å². The van der Waals surface area contributed by atoms with Crippen LogP contribution in [0.2, 0.25) is 5.02 Å². The summed E-state index contributed by atoms with van der Waals surface area (Å²) >= 11 is 6.17. The largest absolute Gasteiger partial charge is 0.496 e. The smallest absolute Gasteiger partial charge is 0.234 e. The van der Waals surface area contributed by atoms with Crippen LogP contribution < -0.4 is 15.8 Å². The minimum Gasteiger partial charge on any atom is -0.496 e. The van der Waals surface area contributed by atoms with E-state index in [1.165, 1.54) is 0 Å². The molecule has 0 bridgehead atoms. The second-order valence-electron chi connectivity index (χ2n) is 3.79. The van der Waals surface area contributed by atoms with Crippen molar-refractivity contribution in [1.29, 1.82) is 0 Å². The highest BCUT2D eigenvalue weighted by atomic mass is 35.5. The number of ether oxygens (including phenoxy) is 1. The van der Waals surface area contributed by atoms with Gasteiger partial charge < -0.3 is 15.8 Å². The topological polar surface area (TPSA) is 64.3 Å². The fourth-order valence-corrected chi connectivity index (χ4v) is 1.79. The Balaban J connectivity index is 3.04. The van der Waals surface area contributed by atoms with Crippen LogP contribution in [0.3, 0.4) is 0 Å². The van der Waals surface area contributed by atoms with Gasteiger partial charge in [-0.2, -0.15) is 0 Å². The van der Waals surface area contributed by atoms with Crippen molar-refractivity contribution in [2.24, 2.45) is 5.73 Å². The minimum atomic E-state index is -0.205. The molecule has 0 atom stereocenters.